The Kier molecular flexibility index (Phi) is 5.45. The zero-order valence-corrected chi connectivity index (χ0v) is 14.7. The van der Waals surface area contributed by atoms with Gasteiger partial charge in [0.2, 0.25) is 5.91 Å². The van der Waals surface area contributed by atoms with Gasteiger partial charge in [-0.25, -0.2) is 0 Å². The Labute approximate surface area is 147 Å². The molecule has 3 rings (SSSR count). The fourth-order valence-electron chi connectivity index (χ4n) is 3.26. The Balaban J connectivity index is 1.58. The van der Waals surface area contributed by atoms with Crippen LogP contribution in [0.4, 0.5) is 0 Å². The van der Waals surface area contributed by atoms with Gasteiger partial charge in [0.25, 0.3) is 0 Å². The Bertz CT molecular complexity index is 697. The van der Waals surface area contributed by atoms with Crippen LogP contribution in [0, 0.1) is 5.92 Å². The van der Waals surface area contributed by atoms with E-state index in [0.29, 0.717) is 25.9 Å². The van der Waals surface area contributed by atoms with Crippen molar-refractivity contribution >= 4 is 5.91 Å². The van der Waals surface area contributed by atoms with Crippen LogP contribution in [-0.2, 0) is 18.4 Å². The molecule has 2 N–H and O–H groups in total. The highest BCUT2D eigenvalue weighted by Crippen LogP contribution is 2.37. The number of likely N-dealkylation sites (N-methyl/N-ethyl adjacent to an activating group) is 1. The van der Waals surface area contributed by atoms with Gasteiger partial charge in [0.1, 0.15) is 0 Å². The van der Waals surface area contributed by atoms with Crippen LogP contribution in [0.3, 0.4) is 0 Å². The van der Waals surface area contributed by atoms with Crippen molar-refractivity contribution in [3.8, 4) is 0 Å². The van der Waals surface area contributed by atoms with Crippen LogP contribution in [0.25, 0.3) is 0 Å². The van der Waals surface area contributed by atoms with Gasteiger partial charge in [0, 0.05) is 31.5 Å². The highest BCUT2D eigenvalue weighted by atomic mass is 16.3. The van der Waals surface area contributed by atoms with E-state index in [1.54, 1.807) is 17.1 Å². The van der Waals surface area contributed by atoms with Gasteiger partial charge in [-0.3, -0.25) is 19.4 Å². The van der Waals surface area contributed by atoms with Gasteiger partial charge in [0.05, 0.1) is 30.6 Å². The van der Waals surface area contributed by atoms with Crippen LogP contribution in [0.5, 0.6) is 0 Å². The summed E-state index contributed by atoms with van der Waals surface area (Å²) in [6.07, 6.45) is 6.63. The first-order valence-electron chi connectivity index (χ1n) is 8.55. The Morgan fingerprint density at radius 2 is 2.28 bits per heavy atom. The first kappa shape index (κ1) is 17.6. The lowest BCUT2D eigenvalue weighted by molar-refractivity contribution is -0.124. The van der Waals surface area contributed by atoms with Crippen molar-refractivity contribution in [2.24, 2.45) is 13.0 Å². The lowest BCUT2D eigenvalue weighted by Crippen LogP contribution is -2.44. The zero-order valence-electron chi connectivity index (χ0n) is 14.7. The third kappa shape index (κ3) is 4.64. The molecule has 0 aromatic carbocycles. The largest absolute Gasteiger partial charge is 0.393 e. The quantitative estimate of drug-likeness (QED) is 0.780. The van der Waals surface area contributed by atoms with Crippen LogP contribution < -0.4 is 5.32 Å². The molecular formula is C18H25N5O2. The Morgan fingerprint density at radius 3 is 2.88 bits per heavy atom. The van der Waals surface area contributed by atoms with Crippen LogP contribution in [0.1, 0.15) is 30.1 Å². The first-order chi connectivity index (χ1) is 12.0. The van der Waals surface area contributed by atoms with Crippen LogP contribution in [0.15, 0.2) is 36.8 Å². The molecule has 0 spiro atoms. The van der Waals surface area contributed by atoms with E-state index in [2.05, 4.69) is 15.4 Å². The predicted octanol–water partition coefficient (Wildman–Crippen LogP) is 0.875. The second-order valence-electron chi connectivity index (χ2n) is 6.87. The second kappa shape index (κ2) is 7.76. The minimum Gasteiger partial charge on any atom is -0.393 e. The lowest BCUT2D eigenvalue weighted by atomic mass is 9.75. The maximum Gasteiger partial charge on any atom is 0.234 e. The lowest BCUT2D eigenvalue weighted by Gasteiger charge is -2.37. The Morgan fingerprint density at radius 1 is 1.48 bits per heavy atom. The second-order valence-corrected chi connectivity index (χ2v) is 6.87. The average Bonchev–Trinajstić information content (AvgIpc) is 2.97. The van der Waals surface area contributed by atoms with Gasteiger partial charge in [-0.1, -0.05) is 6.07 Å². The molecule has 1 aliphatic rings. The summed E-state index contributed by atoms with van der Waals surface area (Å²) in [5.74, 6) is 0.220. The van der Waals surface area contributed by atoms with E-state index in [0.717, 1.165) is 11.3 Å². The minimum absolute atomic E-state index is 0.0336. The molecule has 1 unspecified atom stereocenters. The number of amides is 1. The number of aryl methyl sites for hydroxylation is 1. The number of pyridine rings is 1. The molecule has 1 saturated carbocycles. The molecule has 1 aliphatic carbocycles. The molecule has 0 saturated heterocycles. The van der Waals surface area contributed by atoms with E-state index in [1.807, 2.05) is 43.4 Å². The molecule has 2 heterocycles. The number of carbonyl (C=O) groups is 1. The SMILES string of the molecule is CN(CC(=O)NC(c1cnn(C)c1)C1CC(O)C1)Cc1ccccn1. The summed E-state index contributed by atoms with van der Waals surface area (Å²) in [5, 5.41) is 16.9. The van der Waals surface area contributed by atoms with Crippen LogP contribution >= 0.6 is 0 Å². The first-order valence-corrected chi connectivity index (χ1v) is 8.55. The third-order valence-corrected chi connectivity index (χ3v) is 4.59. The predicted molar refractivity (Wildman–Crippen MR) is 93.4 cm³/mol. The fraction of sp³-hybridized carbons (Fsp3) is 0.500. The highest BCUT2D eigenvalue weighted by Gasteiger charge is 2.36. The van der Waals surface area contributed by atoms with Crippen molar-refractivity contribution in [2.75, 3.05) is 13.6 Å². The van der Waals surface area contributed by atoms with Gasteiger partial charge in [-0.15, -0.1) is 0 Å². The van der Waals surface area contributed by atoms with E-state index in [4.69, 9.17) is 0 Å². The number of hydrogen-bond acceptors (Lipinski definition) is 5. The van der Waals surface area contributed by atoms with Crippen LogP contribution in [-0.4, -0.2) is 50.4 Å². The van der Waals surface area contributed by atoms with Crippen molar-refractivity contribution in [1.29, 1.82) is 0 Å². The summed E-state index contributed by atoms with van der Waals surface area (Å²) in [6.45, 7) is 0.913. The monoisotopic (exact) mass is 343 g/mol. The van der Waals surface area contributed by atoms with Gasteiger partial charge < -0.3 is 10.4 Å². The zero-order chi connectivity index (χ0) is 17.8. The van der Waals surface area contributed by atoms with Gasteiger partial charge >= 0.3 is 0 Å². The summed E-state index contributed by atoms with van der Waals surface area (Å²) in [7, 11) is 3.76. The molecule has 2 aromatic rings. The highest BCUT2D eigenvalue weighted by molar-refractivity contribution is 5.78. The number of nitrogens with zero attached hydrogens (tertiary/aromatic N) is 4. The number of aromatic nitrogens is 3. The molecule has 0 aliphatic heterocycles. The smallest absolute Gasteiger partial charge is 0.234 e. The number of aliphatic hydroxyl groups excluding tert-OH is 1. The summed E-state index contributed by atoms with van der Waals surface area (Å²) in [6, 6.07) is 5.66. The fourth-order valence-corrected chi connectivity index (χ4v) is 3.26. The number of nitrogens with one attached hydrogen (secondary N) is 1. The number of hydrogen-bond donors (Lipinski definition) is 2. The van der Waals surface area contributed by atoms with Crippen molar-refractivity contribution in [3.63, 3.8) is 0 Å². The summed E-state index contributed by atoms with van der Waals surface area (Å²) < 4.78 is 1.73. The summed E-state index contributed by atoms with van der Waals surface area (Å²) in [4.78, 5) is 18.7. The molecule has 7 heteroatoms. The van der Waals surface area contributed by atoms with Crippen LogP contribution in [0.2, 0.25) is 0 Å². The minimum atomic E-state index is -0.257. The maximum atomic E-state index is 12.5. The normalized spacial score (nSPS) is 21.0. The molecule has 1 atom stereocenters. The molecule has 2 aromatic heterocycles. The van der Waals surface area contributed by atoms with Gasteiger partial charge in [-0.05, 0) is 37.9 Å². The molecule has 0 radical (unpaired) electrons. The summed E-state index contributed by atoms with van der Waals surface area (Å²) in [5.41, 5.74) is 1.92. The molecule has 1 fully saturated rings. The third-order valence-electron chi connectivity index (χ3n) is 4.59. The van der Waals surface area contributed by atoms with Crippen molar-refractivity contribution < 1.29 is 9.90 Å². The molecule has 1 amide bonds. The van der Waals surface area contributed by atoms with E-state index in [9.17, 15) is 9.90 Å². The van der Waals surface area contributed by atoms with E-state index in [1.165, 1.54) is 0 Å². The number of carbonyl (C=O) groups excluding carboxylic acids is 1. The molecule has 134 valence electrons. The molecule has 0 bridgehead atoms. The Hall–Kier alpha value is -2.25. The average molecular weight is 343 g/mol. The van der Waals surface area contributed by atoms with Crippen molar-refractivity contribution in [2.45, 2.75) is 31.5 Å². The maximum absolute atomic E-state index is 12.5. The van der Waals surface area contributed by atoms with Gasteiger partial charge in [-0.2, -0.15) is 5.10 Å². The molecular weight excluding hydrogens is 318 g/mol. The number of aliphatic hydroxyl groups is 1. The standard InChI is InChI=1S/C18H25N5O2/c1-22(11-15-5-3-4-6-19-15)12-17(25)21-18(13-7-16(24)8-13)14-9-20-23(2)10-14/h3-6,9-10,13,16,18,24H,7-8,11-12H2,1-2H3,(H,21,25). The van der Waals surface area contributed by atoms with E-state index >= 15 is 0 Å². The van der Waals surface area contributed by atoms with Crippen molar-refractivity contribution in [3.05, 3.63) is 48.0 Å². The van der Waals surface area contributed by atoms with E-state index < -0.39 is 0 Å². The summed E-state index contributed by atoms with van der Waals surface area (Å²) >= 11 is 0. The van der Waals surface area contributed by atoms with Crippen molar-refractivity contribution in [1.82, 2.24) is 25.0 Å². The van der Waals surface area contributed by atoms with Gasteiger partial charge in [0.15, 0.2) is 0 Å². The topological polar surface area (TPSA) is 83.3 Å². The molecule has 25 heavy (non-hydrogen) atoms. The molecule has 7 nitrogen and oxygen atoms in total. The number of rotatable bonds is 7. The van der Waals surface area contributed by atoms with E-state index in [-0.39, 0.29) is 24.0 Å².